The monoisotopic (exact) mass is 476 g/mol. The number of urea groups is 1. The van der Waals surface area contributed by atoms with Gasteiger partial charge in [0.25, 0.3) is 0 Å². The van der Waals surface area contributed by atoms with Gasteiger partial charge >= 0.3 is 12.2 Å². The number of ether oxygens (including phenoxy) is 1. The fourth-order valence-corrected chi connectivity index (χ4v) is 4.74. The van der Waals surface area contributed by atoms with Crippen molar-refractivity contribution in [2.24, 2.45) is 5.92 Å². The highest BCUT2D eigenvalue weighted by molar-refractivity contribution is 5.73. The van der Waals surface area contributed by atoms with Crippen LogP contribution in [0.3, 0.4) is 0 Å². The first-order valence-corrected chi connectivity index (χ1v) is 11.6. The normalized spacial score (nSPS) is 24.1. The van der Waals surface area contributed by atoms with Gasteiger partial charge in [0.05, 0.1) is 23.8 Å². The minimum Gasteiger partial charge on any atom is -0.378 e. The largest absolute Gasteiger partial charge is 0.416 e. The first-order chi connectivity index (χ1) is 16.2. The van der Waals surface area contributed by atoms with E-state index in [1.807, 2.05) is 49.3 Å². The molecular weight excluding hydrogens is 445 g/mol. The smallest absolute Gasteiger partial charge is 0.378 e. The van der Waals surface area contributed by atoms with Crippen molar-refractivity contribution in [2.75, 3.05) is 39.0 Å². The van der Waals surface area contributed by atoms with E-state index in [9.17, 15) is 18.0 Å². The Balaban J connectivity index is 1.52. The van der Waals surface area contributed by atoms with Crippen LogP contribution in [-0.4, -0.2) is 50.8 Å². The zero-order chi connectivity index (χ0) is 24.3. The van der Waals surface area contributed by atoms with Gasteiger partial charge in [-0.3, -0.25) is 0 Å². The Labute approximate surface area is 197 Å². The Morgan fingerprint density at radius 3 is 2.59 bits per heavy atom. The maximum atomic E-state index is 13.4. The van der Waals surface area contributed by atoms with E-state index < -0.39 is 17.8 Å². The maximum Gasteiger partial charge on any atom is 0.416 e. The van der Waals surface area contributed by atoms with Crippen molar-refractivity contribution in [1.29, 1.82) is 0 Å². The molecule has 2 amide bonds. The SMILES string of the molecule is CN(C)CCNC(=O)NC[C@H]1CC[C@H]2C(c3ccccc3)Nc3ccc(C(F)(F)F)cc3C2O1. The van der Waals surface area contributed by atoms with E-state index in [0.717, 1.165) is 24.6 Å². The standard InChI is InChI=1S/C25H31F3N4O2/c1-32(2)13-12-29-24(33)30-15-18-9-10-19-22(16-6-4-3-5-7-16)31-21-11-8-17(25(26,27)28)14-20(21)23(19)34-18/h3-8,11,14,18-19,22-23,31H,9-10,12-13,15H2,1-2H3,(H2,29,30,33)/t18-,19+,22?,23?/m1/s1. The topological polar surface area (TPSA) is 65.6 Å². The van der Waals surface area contributed by atoms with Crippen molar-refractivity contribution in [3.05, 3.63) is 65.2 Å². The predicted molar refractivity (Wildman–Crippen MR) is 125 cm³/mol. The number of benzene rings is 2. The Bertz CT molecular complexity index is 984. The second kappa shape index (κ2) is 10.2. The molecule has 2 aliphatic heterocycles. The molecule has 2 aromatic carbocycles. The van der Waals surface area contributed by atoms with Crippen LogP contribution in [0.1, 0.15) is 41.7 Å². The lowest BCUT2D eigenvalue weighted by atomic mass is 9.76. The summed E-state index contributed by atoms with van der Waals surface area (Å²) in [6, 6.07) is 13.4. The number of alkyl halides is 3. The van der Waals surface area contributed by atoms with E-state index >= 15 is 0 Å². The molecule has 3 N–H and O–H groups in total. The molecule has 0 bridgehead atoms. The third-order valence-corrected chi connectivity index (χ3v) is 6.47. The molecule has 6 nitrogen and oxygen atoms in total. The first kappa shape index (κ1) is 24.3. The number of rotatable bonds is 6. The van der Waals surface area contributed by atoms with Gasteiger partial charge in [-0.05, 0) is 50.7 Å². The summed E-state index contributed by atoms with van der Waals surface area (Å²) in [5.74, 6) is -0.0245. The molecule has 0 aromatic heterocycles. The van der Waals surface area contributed by atoms with Gasteiger partial charge in [-0.15, -0.1) is 0 Å². The van der Waals surface area contributed by atoms with Gasteiger partial charge in [0.1, 0.15) is 0 Å². The fraction of sp³-hybridized carbons (Fsp3) is 0.480. The minimum absolute atomic E-state index is 0.0245. The summed E-state index contributed by atoms with van der Waals surface area (Å²) in [4.78, 5) is 14.1. The highest BCUT2D eigenvalue weighted by Crippen LogP contribution is 2.51. The van der Waals surface area contributed by atoms with E-state index in [-0.39, 0.29) is 24.1 Å². The van der Waals surface area contributed by atoms with E-state index in [0.29, 0.717) is 30.8 Å². The quantitative estimate of drug-likeness (QED) is 0.572. The van der Waals surface area contributed by atoms with Crippen molar-refractivity contribution in [1.82, 2.24) is 15.5 Å². The second-order valence-corrected chi connectivity index (χ2v) is 9.19. The highest BCUT2D eigenvalue weighted by atomic mass is 19.4. The molecule has 9 heteroatoms. The summed E-state index contributed by atoms with van der Waals surface area (Å²) in [6.45, 7) is 1.55. The van der Waals surface area contributed by atoms with Gasteiger partial charge < -0.3 is 25.6 Å². The number of amides is 2. The number of carbonyl (C=O) groups is 1. The molecule has 2 aliphatic rings. The van der Waals surface area contributed by atoms with Crippen LogP contribution in [0.25, 0.3) is 0 Å². The molecule has 0 spiro atoms. The van der Waals surface area contributed by atoms with Crippen molar-refractivity contribution in [3.8, 4) is 0 Å². The van der Waals surface area contributed by atoms with E-state index in [4.69, 9.17) is 4.74 Å². The molecule has 2 heterocycles. The van der Waals surface area contributed by atoms with Crippen molar-refractivity contribution >= 4 is 11.7 Å². The Kier molecular flexibility index (Phi) is 7.33. The Morgan fingerprint density at radius 2 is 1.88 bits per heavy atom. The van der Waals surface area contributed by atoms with Crippen LogP contribution in [0.5, 0.6) is 0 Å². The van der Waals surface area contributed by atoms with Crippen LogP contribution in [0.2, 0.25) is 0 Å². The number of fused-ring (bicyclic) bond motifs is 3. The van der Waals surface area contributed by atoms with Crippen LogP contribution in [0.15, 0.2) is 48.5 Å². The molecule has 1 saturated heterocycles. The number of hydrogen-bond donors (Lipinski definition) is 3. The lowest BCUT2D eigenvalue weighted by Gasteiger charge is -2.46. The molecule has 0 radical (unpaired) electrons. The second-order valence-electron chi connectivity index (χ2n) is 9.19. The van der Waals surface area contributed by atoms with Gasteiger partial charge in [0.2, 0.25) is 0 Å². The number of nitrogens with one attached hydrogen (secondary N) is 3. The van der Waals surface area contributed by atoms with Gasteiger partial charge in [-0.25, -0.2) is 4.79 Å². The zero-order valence-corrected chi connectivity index (χ0v) is 19.4. The zero-order valence-electron chi connectivity index (χ0n) is 19.4. The molecule has 2 unspecified atom stereocenters. The van der Waals surface area contributed by atoms with Crippen LogP contribution < -0.4 is 16.0 Å². The van der Waals surface area contributed by atoms with Gasteiger partial charge in [0.15, 0.2) is 0 Å². The average molecular weight is 477 g/mol. The molecular formula is C25H31F3N4O2. The summed E-state index contributed by atoms with van der Waals surface area (Å²) >= 11 is 0. The molecule has 0 saturated carbocycles. The van der Waals surface area contributed by atoms with Crippen molar-refractivity contribution in [3.63, 3.8) is 0 Å². The lowest BCUT2D eigenvalue weighted by molar-refractivity contribution is -0.138. The number of nitrogens with zero attached hydrogens (tertiary/aromatic N) is 1. The predicted octanol–water partition coefficient (Wildman–Crippen LogP) is 4.57. The molecule has 2 aromatic rings. The number of halogens is 3. The summed E-state index contributed by atoms with van der Waals surface area (Å²) < 4.78 is 46.7. The Morgan fingerprint density at radius 1 is 1.12 bits per heavy atom. The number of likely N-dealkylation sites (N-methyl/N-ethyl adjacent to an activating group) is 1. The first-order valence-electron chi connectivity index (χ1n) is 11.6. The third-order valence-electron chi connectivity index (χ3n) is 6.47. The summed E-state index contributed by atoms with van der Waals surface area (Å²) in [5, 5.41) is 9.09. The number of carbonyl (C=O) groups excluding carboxylic acids is 1. The molecule has 4 atom stereocenters. The number of anilines is 1. The van der Waals surface area contributed by atoms with Gasteiger partial charge in [-0.1, -0.05) is 30.3 Å². The molecule has 0 aliphatic carbocycles. The van der Waals surface area contributed by atoms with E-state index in [2.05, 4.69) is 16.0 Å². The van der Waals surface area contributed by atoms with Crippen molar-refractivity contribution < 1.29 is 22.7 Å². The molecule has 1 fully saturated rings. The maximum absolute atomic E-state index is 13.4. The summed E-state index contributed by atoms with van der Waals surface area (Å²) in [7, 11) is 3.85. The molecule has 184 valence electrons. The van der Waals surface area contributed by atoms with Gasteiger partial charge in [0, 0.05) is 36.8 Å². The van der Waals surface area contributed by atoms with Crippen LogP contribution in [-0.2, 0) is 10.9 Å². The number of hydrogen-bond acceptors (Lipinski definition) is 4. The van der Waals surface area contributed by atoms with Crippen LogP contribution in [0.4, 0.5) is 23.7 Å². The molecule has 34 heavy (non-hydrogen) atoms. The lowest BCUT2D eigenvalue weighted by Crippen LogP contribution is -2.46. The Hall–Kier alpha value is -2.78. The van der Waals surface area contributed by atoms with Gasteiger partial charge in [-0.2, -0.15) is 13.2 Å². The van der Waals surface area contributed by atoms with Crippen molar-refractivity contribution in [2.45, 2.75) is 37.3 Å². The minimum atomic E-state index is -4.43. The highest BCUT2D eigenvalue weighted by Gasteiger charge is 2.43. The summed E-state index contributed by atoms with van der Waals surface area (Å²) in [5.41, 5.74) is 1.56. The fourth-order valence-electron chi connectivity index (χ4n) is 4.74. The van der Waals surface area contributed by atoms with E-state index in [1.165, 1.54) is 12.1 Å². The third kappa shape index (κ3) is 5.64. The van der Waals surface area contributed by atoms with E-state index in [1.54, 1.807) is 0 Å². The van der Waals surface area contributed by atoms with Crippen LogP contribution in [0, 0.1) is 5.92 Å². The average Bonchev–Trinajstić information content (AvgIpc) is 2.81. The summed E-state index contributed by atoms with van der Waals surface area (Å²) in [6.07, 6.45) is -3.74. The molecule has 4 rings (SSSR count). The van der Waals surface area contributed by atoms with Crippen LogP contribution >= 0.6 is 0 Å².